The summed E-state index contributed by atoms with van der Waals surface area (Å²) < 4.78 is 7.54. The average Bonchev–Trinajstić information content (AvgIpc) is 2.93. The molecule has 1 aliphatic rings. The third-order valence-electron chi connectivity index (χ3n) is 3.29. The molecule has 2 atom stereocenters. The number of ether oxygens (including phenoxy) is 1. The molecule has 18 heavy (non-hydrogen) atoms. The average molecular weight is 249 g/mol. The van der Waals surface area contributed by atoms with E-state index in [1.807, 2.05) is 4.57 Å². The Morgan fingerprint density at radius 2 is 2.28 bits per heavy atom. The molecule has 96 valence electrons. The molecule has 2 aromatic rings. The zero-order valence-electron chi connectivity index (χ0n) is 9.78. The van der Waals surface area contributed by atoms with Gasteiger partial charge in [-0.3, -0.25) is 0 Å². The number of aliphatic hydroxyl groups excluding tert-OH is 1. The Balaban J connectivity index is 2.03. The predicted octanol–water partition coefficient (Wildman–Crippen LogP) is 0.994. The second-order valence-electron chi connectivity index (χ2n) is 4.53. The second-order valence-corrected chi connectivity index (χ2v) is 4.53. The van der Waals surface area contributed by atoms with Gasteiger partial charge in [0.05, 0.1) is 30.2 Å². The molecule has 2 heterocycles. The van der Waals surface area contributed by atoms with Gasteiger partial charge < -0.3 is 25.3 Å². The first-order chi connectivity index (χ1) is 8.69. The molecule has 1 saturated heterocycles. The third-order valence-corrected chi connectivity index (χ3v) is 3.29. The maximum Gasteiger partial charge on any atom is 0.135 e. The Hall–Kier alpha value is -1.79. The summed E-state index contributed by atoms with van der Waals surface area (Å²) in [5.74, 6) is 0.110. The molecule has 0 amide bonds. The van der Waals surface area contributed by atoms with E-state index in [4.69, 9.17) is 15.6 Å². The van der Waals surface area contributed by atoms with Crippen molar-refractivity contribution < 1.29 is 14.9 Å². The Bertz CT molecular complexity index is 581. The van der Waals surface area contributed by atoms with Crippen LogP contribution in [0.1, 0.15) is 19.1 Å². The maximum absolute atomic E-state index is 9.59. The number of anilines is 1. The molecule has 0 radical (unpaired) electrons. The van der Waals surface area contributed by atoms with Crippen LogP contribution in [0.25, 0.3) is 11.0 Å². The van der Waals surface area contributed by atoms with Crippen LogP contribution in [0.4, 0.5) is 5.69 Å². The second kappa shape index (κ2) is 4.15. The first-order valence-electron chi connectivity index (χ1n) is 5.90. The molecule has 0 saturated carbocycles. The van der Waals surface area contributed by atoms with Gasteiger partial charge in [-0.15, -0.1) is 0 Å². The fourth-order valence-corrected chi connectivity index (χ4v) is 2.40. The molecule has 0 bridgehead atoms. The number of phenols is 1. The number of aromatic hydroxyl groups is 1. The monoisotopic (exact) mass is 249 g/mol. The van der Waals surface area contributed by atoms with E-state index in [9.17, 15) is 5.11 Å². The lowest BCUT2D eigenvalue weighted by Gasteiger charge is -2.14. The van der Waals surface area contributed by atoms with E-state index < -0.39 is 0 Å². The van der Waals surface area contributed by atoms with Crippen LogP contribution in [0.2, 0.25) is 0 Å². The van der Waals surface area contributed by atoms with Crippen molar-refractivity contribution in [1.29, 1.82) is 0 Å². The molecule has 0 unspecified atom stereocenters. The van der Waals surface area contributed by atoms with Gasteiger partial charge in [0.1, 0.15) is 17.5 Å². The molecule has 6 heteroatoms. The van der Waals surface area contributed by atoms with Crippen LogP contribution < -0.4 is 5.73 Å². The number of imidazole rings is 1. The number of fused-ring (bicyclic) bond motifs is 1. The number of phenolic OH excluding ortho intramolecular Hbond substituents is 1. The summed E-state index contributed by atoms with van der Waals surface area (Å²) in [6.45, 7) is 0.0243. The molecule has 6 nitrogen and oxygen atoms in total. The van der Waals surface area contributed by atoms with Crippen molar-refractivity contribution in [3.63, 3.8) is 0 Å². The smallest absolute Gasteiger partial charge is 0.135 e. The van der Waals surface area contributed by atoms with E-state index in [1.165, 1.54) is 6.07 Å². The maximum atomic E-state index is 9.59. The summed E-state index contributed by atoms with van der Waals surface area (Å²) in [4.78, 5) is 4.24. The van der Waals surface area contributed by atoms with Gasteiger partial charge in [0, 0.05) is 12.1 Å². The number of aliphatic hydroxyl groups is 1. The van der Waals surface area contributed by atoms with E-state index in [0.29, 0.717) is 11.2 Å². The van der Waals surface area contributed by atoms with Crippen molar-refractivity contribution in [2.45, 2.75) is 25.2 Å². The summed E-state index contributed by atoms with van der Waals surface area (Å²) in [5.41, 5.74) is 7.65. The number of nitrogens with two attached hydrogens (primary N) is 1. The highest BCUT2D eigenvalue weighted by Gasteiger charge is 2.27. The summed E-state index contributed by atoms with van der Waals surface area (Å²) in [5, 5.41) is 18.7. The van der Waals surface area contributed by atoms with E-state index in [0.717, 1.165) is 18.4 Å². The van der Waals surface area contributed by atoms with Crippen molar-refractivity contribution in [2.75, 3.05) is 12.3 Å². The normalized spacial score (nSPS) is 23.8. The highest BCUT2D eigenvalue weighted by Crippen LogP contribution is 2.33. The van der Waals surface area contributed by atoms with E-state index >= 15 is 0 Å². The molecule has 1 aliphatic heterocycles. The molecule has 1 aromatic heterocycles. The number of hydrogen-bond acceptors (Lipinski definition) is 5. The number of hydrogen-bond donors (Lipinski definition) is 3. The van der Waals surface area contributed by atoms with Gasteiger partial charge in [-0.1, -0.05) is 0 Å². The molecular formula is C12H15N3O3. The van der Waals surface area contributed by atoms with Crippen LogP contribution in [-0.4, -0.2) is 32.5 Å². The molecule has 1 aromatic carbocycles. The van der Waals surface area contributed by atoms with Gasteiger partial charge in [-0.25, -0.2) is 4.98 Å². The van der Waals surface area contributed by atoms with Crippen LogP contribution in [0.15, 0.2) is 18.5 Å². The minimum atomic E-state index is -0.159. The fourth-order valence-electron chi connectivity index (χ4n) is 2.40. The number of rotatable bonds is 2. The number of nitrogens with zero attached hydrogens (tertiary/aromatic N) is 2. The van der Waals surface area contributed by atoms with E-state index in [-0.39, 0.29) is 24.7 Å². The summed E-state index contributed by atoms with van der Waals surface area (Å²) in [6.07, 6.45) is 3.00. The number of nitrogen functional groups attached to an aromatic ring is 1. The number of benzene rings is 1. The van der Waals surface area contributed by atoms with Crippen LogP contribution >= 0.6 is 0 Å². The van der Waals surface area contributed by atoms with Crippen molar-refractivity contribution in [1.82, 2.24) is 9.55 Å². The molecule has 3 rings (SSSR count). The van der Waals surface area contributed by atoms with E-state index in [2.05, 4.69) is 4.98 Å². The Kier molecular flexibility index (Phi) is 2.61. The molecule has 0 aliphatic carbocycles. The van der Waals surface area contributed by atoms with Crippen molar-refractivity contribution in [3.05, 3.63) is 18.5 Å². The minimum Gasteiger partial charge on any atom is -0.508 e. The van der Waals surface area contributed by atoms with E-state index in [1.54, 1.807) is 12.4 Å². The van der Waals surface area contributed by atoms with Gasteiger partial charge in [-0.05, 0) is 12.8 Å². The zero-order valence-corrected chi connectivity index (χ0v) is 9.78. The Labute approximate surface area is 104 Å². The molecule has 0 spiro atoms. The van der Waals surface area contributed by atoms with Gasteiger partial charge in [-0.2, -0.15) is 0 Å². The molecule has 4 N–H and O–H groups in total. The first kappa shape index (κ1) is 11.3. The van der Waals surface area contributed by atoms with Crippen LogP contribution in [0.5, 0.6) is 5.75 Å². The van der Waals surface area contributed by atoms with Crippen molar-refractivity contribution in [3.8, 4) is 5.75 Å². The quantitative estimate of drug-likeness (QED) is 0.690. The Morgan fingerprint density at radius 1 is 1.44 bits per heavy atom. The lowest BCUT2D eigenvalue weighted by atomic mass is 10.2. The Morgan fingerprint density at radius 3 is 3.00 bits per heavy atom. The van der Waals surface area contributed by atoms with Gasteiger partial charge in [0.2, 0.25) is 0 Å². The van der Waals surface area contributed by atoms with Crippen LogP contribution in [0.3, 0.4) is 0 Å². The van der Waals surface area contributed by atoms with Crippen LogP contribution in [-0.2, 0) is 4.74 Å². The summed E-state index contributed by atoms with van der Waals surface area (Å²) >= 11 is 0. The summed E-state index contributed by atoms with van der Waals surface area (Å²) in [7, 11) is 0. The lowest BCUT2D eigenvalue weighted by molar-refractivity contribution is -0.0204. The van der Waals surface area contributed by atoms with Crippen LogP contribution in [0, 0.1) is 0 Å². The van der Waals surface area contributed by atoms with Crippen molar-refractivity contribution in [2.24, 2.45) is 0 Å². The highest BCUT2D eigenvalue weighted by atomic mass is 16.5. The fraction of sp³-hybridized carbons (Fsp3) is 0.417. The largest absolute Gasteiger partial charge is 0.508 e. The first-order valence-corrected chi connectivity index (χ1v) is 5.90. The number of aromatic nitrogens is 2. The predicted molar refractivity (Wildman–Crippen MR) is 66.0 cm³/mol. The SMILES string of the molecule is Nc1cc(O)cc2c1ncn2[C@H]1CC[C@@H](CO)O1. The zero-order chi connectivity index (χ0) is 12.7. The highest BCUT2D eigenvalue weighted by molar-refractivity contribution is 5.88. The topological polar surface area (TPSA) is 93.5 Å². The van der Waals surface area contributed by atoms with Gasteiger partial charge in [0.25, 0.3) is 0 Å². The van der Waals surface area contributed by atoms with Gasteiger partial charge in [0.15, 0.2) is 0 Å². The van der Waals surface area contributed by atoms with Gasteiger partial charge >= 0.3 is 0 Å². The lowest BCUT2D eigenvalue weighted by Crippen LogP contribution is -2.13. The third kappa shape index (κ3) is 1.70. The summed E-state index contributed by atoms with van der Waals surface area (Å²) in [6, 6.07) is 3.10. The molecular weight excluding hydrogens is 234 g/mol. The van der Waals surface area contributed by atoms with Crippen molar-refractivity contribution >= 4 is 16.7 Å². The minimum absolute atomic E-state index is 0.0243. The standard InChI is InChI=1S/C12H15N3O3/c13-9-3-7(17)4-10-12(9)14-6-15(10)11-2-1-8(5-16)18-11/h3-4,6,8,11,16-17H,1-2,5,13H2/t8-,11+/m0/s1. The molecule has 1 fully saturated rings.